The van der Waals surface area contributed by atoms with E-state index in [1.54, 1.807) is 0 Å². The fourth-order valence-electron chi connectivity index (χ4n) is 2.26. The van der Waals surface area contributed by atoms with Gasteiger partial charge in [0.2, 0.25) is 0 Å². The van der Waals surface area contributed by atoms with E-state index in [2.05, 4.69) is 10.4 Å². The second-order valence-corrected chi connectivity index (χ2v) is 5.96. The lowest BCUT2D eigenvalue weighted by Crippen LogP contribution is -2.30. The van der Waals surface area contributed by atoms with Crippen LogP contribution < -0.4 is 5.32 Å². The van der Waals surface area contributed by atoms with Crippen molar-refractivity contribution in [3.63, 3.8) is 0 Å². The molecule has 0 fully saturated rings. The molecule has 0 aliphatic carbocycles. The van der Waals surface area contributed by atoms with Crippen LogP contribution in [0, 0.1) is 25.6 Å². The van der Waals surface area contributed by atoms with Crippen LogP contribution in [0.15, 0.2) is 24.3 Å². The van der Waals surface area contributed by atoms with Crippen molar-refractivity contribution < 1.29 is 9.18 Å². The number of aryl methyl sites for hydroxylation is 2. The van der Waals surface area contributed by atoms with Gasteiger partial charge in [0.1, 0.15) is 5.82 Å². The molecule has 0 spiro atoms. The Kier molecular flexibility index (Phi) is 5.19. The highest BCUT2D eigenvalue weighted by Crippen LogP contribution is 2.17. The van der Waals surface area contributed by atoms with Crippen LogP contribution in [0.2, 0.25) is 5.02 Å². The number of benzene rings is 1. The summed E-state index contributed by atoms with van der Waals surface area (Å²) < 4.78 is 14.9. The van der Waals surface area contributed by atoms with Gasteiger partial charge < -0.3 is 5.32 Å². The highest BCUT2D eigenvalue weighted by atomic mass is 35.5. The maximum Gasteiger partial charge on any atom is 0.252 e. The van der Waals surface area contributed by atoms with Gasteiger partial charge in [0, 0.05) is 18.8 Å². The summed E-state index contributed by atoms with van der Waals surface area (Å²) in [5.74, 6) is -0.550. The second-order valence-electron chi connectivity index (χ2n) is 5.55. The van der Waals surface area contributed by atoms with Crippen molar-refractivity contribution in [2.75, 3.05) is 6.54 Å². The van der Waals surface area contributed by atoms with E-state index in [9.17, 15) is 9.18 Å². The third-order valence-electron chi connectivity index (χ3n) is 3.37. The summed E-state index contributed by atoms with van der Waals surface area (Å²) in [5, 5.41) is 7.33. The zero-order valence-electron chi connectivity index (χ0n) is 12.9. The van der Waals surface area contributed by atoms with Crippen molar-refractivity contribution in [2.24, 2.45) is 5.92 Å². The Morgan fingerprint density at radius 3 is 2.73 bits per heavy atom. The van der Waals surface area contributed by atoms with Crippen molar-refractivity contribution in [3.05, 3.63) is 52.1 Å². The van der Waals surface area contributed by atoms with Crippen LogP contribution in [0.25, 0.3) is 0 Å². The largest absolute Gasteiger partial charge is 0.352 e. The molecule has 1 heterocycles. The van der Waals surface area contributed by atoms with Gasteiger partial charge in [0.25, 0.3) is 5.91 Å². The average molecular weight is 324 g/mol. The zero-order chi connectivity index (χ0) is 16.3. The molecule has 1 atom stereocenters. The molecule has 1 amide bonds. The Hall–Kier alpha value is -1.88. The van der Waals surface area contributed by atoms with Crippen LogP contribution >= 0.6 is 11.6 Å². The minimum absolute atomic E-state index is 0.115. The molecule has 118 valence electrons. The van der Waals surface area contributed by atoms with Crippen molar-refractivity contribution in [2.45, 2.75) is 27.3 Å². The summed E-state index contributed by atoms with van der Waals surface area (Å²) in [6.45, 7) is 7.20. The van der Waals surface area contributed by atoms with Gasteiger partial charge in [-0.15, -0.1) is 0 Å². The molecule has 0 unspecified atom stereocenters. The number of hydrogen-bond acceptors (Lipinski definition) is 2. The number of carbonyl (C=O) groups excluding carboxylic acids is 1. The normalized spacial score (nSPS) is 12.2. The molecule has 2 aromatic rings. The van der Waals surface area contributed by atoms with Gasteiger partial charge in [-0.1, -0.05) is 18.5 Å². The van der Waals surface area contributed by atoms with Gasteiger partial charge in [-0.05, 0) is 44.0 Å². The van der Waals surface area contributed by atoms with Crippen molar-refractivity contribution in [1.82, 2.24) is 15.1 Å². The van der Waals surface area contributed by atoms with Gasteiger partial charge in [-0.3, -0.25) is 9.48 Å². The van der Waals surface area contributed by atoms with Gasteiger partial charge in [-0.25, -0.2) is 4.39 Å². The monoisotopic (exact) mass is 323 g/mol. The number of nitrogens with one attached hydrogen (secondary N) is 1. The minimum atomic E-state index is -0.459. The molecule has 2 rings (SSSR count). The Balaban J connectivity index is 1.91. The minimum Gasteiger partial charge on any atom is -0.352 e. The first-order chi connectivity index (χ1) is 10.4. The fourth-order valence-corrected chi connectivity index (χ4v) is 2.51. The summed E-state index contributed by atoms with van der Waals surface area (Å²) >= 11 is 5.88. The molecule has 0 bridgehead atoms. The van der Waals surface area contributed by atoms with Crippen molar-refractivity contribution in [3.8, 4) is 0 Å². The van der Waals surface area contributed by atoms with Crippen LogP contribution in [-0.2, 0) is 6.54 Å². The molecule has 1 aromatic carbocycles. The Bertz CT molecular complexity index is 684. The topological polar surface area (TPSA) is 46.9 Å². The molecule has 22 heavy (non-hydrogen) atoms. The van der Waals surface area contributed by atoms with Crippen molar-refractivity contribution >= 4 is 17.5 Å². The lowest BCUT2D eigenvalue weighted by Gasteiger charge is -2.14. The number of carbonyl (C=O) groups is 1. The summed E-state index contributed by atoms with van der Waals surface area (Å²) in [5.41, 5.74) is 2.35. The number of nitrogens with zero attached hydrogens (tertiary/aromatic N) is 2. The van der Waals surface area contributed by atoms with E-state index >= 15 is 0 Å². The van der Waals surface area contributed by atoms with Gasteiger partial charge >= 0.3 is 0 Å². The molecule has 0 saturated heterocycles. The molecule has 0 radical (unpaired) electrons. The van der Waals surface area contributed by atoms with E-state index in [4.69, 9.17) is 11.6 Å². The Morgan fingerprint density at radius 1 is 1.41 bits per heavy atom. The maximum absolute atomic E-state index is 13.0. The van der Waals surface area contributed by atoms with Crippen LogP contribution in [0.1, 0.15) is 28.7 Å². The van der Waals surface area contributed by atoms with E-state index < -0.39 is 5.82 Å². The molecule has 0 aliphatic rings. The van der Waals surface area contributed by atoms with Crippen LogP contribution in [0.3, 0.4) is 0 Å². The SMILES string of the molecule is Cc1cc(C)n(C[C@@H](C)CNC(=O)c2ccc(F)cc2Cl)n1. The van der Waals surface area contributed by atoms with Crippen LogP contribution in [-0.4, -0.2) is 22.2 Å². The third-order valence-corrected chi connectivity index (χ3v) is 3.69. The first kappa shape index (κ1) is 16.5. The standard InChI is InChI=1S/C16H19ClFN3O/c1-10(9-21-12(3)6-11(2)20-21)8-19-16(22)14-5-4-13(18)7-15(14)17/h4-7,10H,8-9H2,1-3H3,(H,19,22)/t10-/m0/s1. The summed E-state index contributed by atoms with van der Waals surface area (Å²) in [7, 11) is 0. The smallest absolute Gasteiger partial charge is 0.252 e. The molecule has 6 heteroatoms. The van der Waals surface area contributed by atoms with Gasteiger partial charge in [0.05, 0.1) is 16.3 Å². The first-order valence-corrected chi connectivity index (χ1v) is 7.49. The highest BCUT2D eigenvalue weighted by molar-refractivity contribution is 6.33. The summed E-state index contributed by atoms with van der Waals surface area (Å²) in [4.78, 5) is 12.1. The van der Waals surface area contributed by atoms with Crippen molar-refractivity contribution in [1.29, 1.82) is 0 Å². The Morgan fingerprint density at radius 2 is 2.14 bits per heavy atom. The summed E-state index contributed by atoms with van der Waals surface area (Å²) in [6, 6.07) is 5.76. The van der Waals surface area contributed by atoms with E-state index in [1.165, 1.54) is 12.1 Å². The van der Waals surface area contributed by atoms with Gasteiger partial charge in [-0.2, -0.15) is 5.10 Å². The number of halogens is 2. The lowest BCUT2D eigenvalue weighted by atomic mass is 10.1. The maximum atomic E-state index is 13.0. The molecular weight excluding hydrogens is 305 g/mol. The predicted molar refractivity (Wildman–Crippen MR) is 84.6 cm³/mol. The molecule has 1 N–H and O–H groups in total. The number of aromatic nitrogens is 2. The fraction of sp³-hybridized carbons (Fsp3) is 0.375. The van der Waals surface area contributed by atoms with Crippen LogP contribution in [0.4, 0.5) is 4.39 Å². The van der Waals surface area contributed by atoms with E-state index in [0.29, 0.717) is 6.54 Å². The number of amides is 1. The average Bonchev–Trinajstić information content (AvgIpc) is 2.74. The lowest BCUT2D eigenvalue weighted by molar-refractivity contribution is 0.0946. The van der Waals surface area contributed by atoms with Gasteiger partial charge in [0.15, 0.2) is 0 Å². The number of rotatable bonds is 5. The highest BCUT2D eigenvalue weighted by Gasteiger charge is 2.13. The quantitative estimate of drug-likeness (QED) is 0.917. The zero-order valence-corrected chi connectivity index (χ0v) is 13.6. The molecule has 0 aliphatic heterocycles. The molecule has 0 saturated carbocycles. The molecular formula is C16H19ClFN3O. The van der Waals surface area contributed by atoms with E-state index in [-0.39, 0.29) is 22.4 Å². The summed E-state index contributed by atoms with van der Waals surface area (Å²) in [6.07, 6.45) is 0. The molecule has 1 aromatic heterocycles. The number of hydrogen-bond donors (Lipinski definition) is 1. The van der Waals surface area contributed by atoms with Crippen LogP contribution in [0.5, 0.6) is 0 Å². The predicted octanol–water partition coefficient (Wildman–Crippen LogP) is 3.36. The first-order valence-electron chi connectivity index (χ1n) is 7.11. The van der Waals surface area contributed by atoms with E-state index in [1.807, 2.05) is 31.5 Å². The molecule has 4 nitrogen and oxygen atoms in total. The second kappa shape index (κ2) is 6.92. The Labute approximate surface area is 134 Å². The van der Waals surface area contributed by atoms with E-state index in [0.717, 1.165) is 24.0 Å². The third kappa shape index (κ3) is 4.07.